The molecule has 0 aromatic rings. The van der Waals surface area contributed by atoms with Gasteiger partial charge in [-0.15, -0.1) is 0 Å². The molecule has 10 atom stereocenters. The largest absolute Gasteiger partial charge is 0.472 e. The van der Waals surface area contributed by atoms with Crippen LogP contribution in [0.3, 0.4) is 0 Å². The van der Waals surface area contributed by atoms with Crippen molar-refractivity contribution >= 4 is 13.7 Å². The lowest BCUT2D eigenvalue weighted by atomic mass is 9.85. The van der Waals surface area contributed by atoms with Gasteiger partial charge in [-0.3, -0.25) is 13.8 Å². The molecule has 1 fully saturated rings. The van der Waals surface area contributed by atoms with Crippen LogP contribution in [-0.4, -0.2) is 108 Å². The first kappa shape index (κ1) is 53.3. The predicted octanol–water partition coefficient (Wildman–Crippen LogP) is 6.87. The zero-order valence-electron chi connectivity index (χ0n) is 35.1. The molecule has 1 rings (SSSR count). The molecule has 1 saturated carbocycles. The van der Waals surface area contributed by atoms with E-state index in [0.717, 1.165) is 38.5 Å². The molecule has 14 heteroatoms. The van der Waals surface area contributed by atoms with E-state index in [4.69, 9.17) is 9.05 Å². The molecule has 0 bridgehead atoms. The van der Waals surface area contributed by atoms with Crippen LogP contribution in [0.25, 0.3) is 0 Å². The Kier molecular flexibility index (Phi) is 31.5. The van der Waals surface area contributed by atoms with Crippen molar-refractivity contribution < 1.29 is 59.0 Å². The van der Waals surface area contributed by atoms with Crippen molar-refractivity contribution in [3.63, 3.8) is 0 Å². The van der Waals surface area contributed by atoms with Gasteiger partial charge in [0.25, 0.3) is 0 Å². The molecule has 9 N–H and O–H groups in total. The summed E-state index contributed by atoms with van der Waals surface area (Å²) in [5.74, 6) is -0.420. The average Bonchev–Trinajstić information content (AvgIpc) is 3.18. The summed E-state index contributed by atoms with van der Waals surface area (Å²) in [5, 5.41) is 74.8. The molecule has 0 heterocycles. The van der Waals surface area contributed by atoms with E-state index in [1.54, 1.807) is 0 Å². The lowest BCUT2D eigenvalue weighted by molar-refractivity contribution is -0.220. The van der Waals surface area contributed by atoms with Crippen molar-refractivity contribution in [2.24, 2.45) is 0 Å². The molecule has 1 aliphatic rings. The highest BCUT2D eigenvalue weighted by Gasteiger charge is 2.51. The van der Waals surface area contributed by atoms with E-state index < -0.39 is 75.2 Å². The summed E-state index contributed by atoms with van der Waals surface area (Å²) in [4.78, 5) is 23.4. The smallest absolute Gasteiger partial charge is 0.390 e. The summed E-state index contributed by atoms with van der Waals surface area (Å²) >= 11 is 0. The number of aliphatic hydroxyl groups excluding tert-OH is 7. The first-order valence-electron chi connectivity index (χ1n) is 22.6. The maximum Gasteiger partial charge on any atom is 0.472 e. The van der Waals surface area contributed by atoms with Gasteiger partial charge in [0.05, 0.1) is 18.8 Å². The van der Waals surface area contributed by atoms with Crippen molar-refractivity contribution in [3.8, 4) is 0 Å². The maximum atomic E-state index is 12.9. The van der Waals surface area contributed by atoms with E-state index in [1.807, 2.05) is 0 Å². The maximum absolute atomic E-state index is 12.9. The molecule has 1 aliphatic carbocycles. The molecule has 0 aliphatic heterocycles. The Hall–Kier alpha value is -0.700. The molecule has 334 valence electrons. The molecule has 0 spiro atoms. The van der Waals surface area contributed by atoms with Crippen LogP contribution in [0, 0.1) is 0 Å². The van der Waals surface area contributed by atoms with Gasteiger partial charge in [0, 0.05) is 6.42 Å². The Balaban J connectivity index is 2.56. The van der Waals surface area contributed by atoms with Gasteiger partial charge in [0.2, 0.25) is 5.91 Å². The predicted molar refractivity (Wildman–Crippen MR) is 220 cm³/mol. The van der Waals surface area contributed by atoms with Crippen LogP contribution in [0.5, 0.6) is 0 Å². The summed E-state index contributed by atoms with van der Waals surface area (Å²) in [6.07, 6.45) is 17.1. The zero-order chi connectivity index (χ0) is 41.6. The molecule has 6 unspecified atom stereocenters. The number of carbonyl (C=O) groups excluding carboxylic acids is 1. The molecule has 0 aromatic carbocycles. The lowest BCUT2D eigenvalue weighted by Crippen LogP contribution is -2.64. The number of rotatable bonds is 37. The number of nitrogens with one attached hydrogen (secondary N) is 1. The Morgan fingerprint density at radius 1 is 0.554 bits per heavy atom. The summed E-state index contributed by atoms with van der Waals surface area (Å²) in [5.41, 5.74) is 0. The second-order valence-corrected chi connectivity index (χ2v) is 17.8. The van der Waals surface area contributed by atoms with Gasteiger partial charge in [-0.2, -0.15) is 0 Å². The second-order valence-electron chi connectivity index (χ2n) is 16.4. The third-order valence-corrected chi connectivity index (χ3v) is 12.2. The summed E-state index contributed by atoms with van der Waals surface area (Å²) < 4.78 is 22.8. The highest BCUT2D eigenvalue weighted by molar-refractivity contribution is 7.47. The Labute approximate surface area is 339 Å². The molecular formula is C42H84NO12P. The summed E-state index contributed by atoms with van der Waals surface area (Å²) in [6, 6.07) is -1.30. The number of carbonyl (C=O) groups is 1. The Bertz CT molecular complexity index is 979. The summed E-state index contributed by atoms with van der Waals surface area (Å²) in [7, 11) is -5.15. The van der Waals surface area contributed by atoms with Crippen molar-refractivity contribution in [2.45, 2.75) is 255 Å². The van der Waals surface area contributed by atoms with Crippen LogP contribution < -0.4 is 5.32 Å². The Morgan fingerprint density at radius 3 is 1.29 bits per heavy atom. The molecule has 0 radical (unpaired) electrons. The van der Waals surface area contributed by atoms with Crippen molar-refractivity contribution in [2.75, 3.05) is 6.61 Å². The van der Waals surface area contributed by atoms with Gasteiger partial charge in [0.1, 0.15) is 42.7 Å². The fourth-order valence-corrected chi connectivity index (χ4v) is 8.44. The SMILES string of the molecule is CCCCCCCCCCCCCCCC[C@@H](O)[C@@H](O)[C@H](COP(=O)(O)OC1C(O)C(O)C(O)[C@@H](O)C1O)NC(=O)CCCCCCCCCCCCCCC. The summed E-state index contributed by atoms with van der Waals surface area (Å²) in [6.45, 7) is 3.69. The van der Waals surface area contributed by atoms with Gasteiger partial charge in [-0.05, 0) is 12.8 Å². The number of phosphoric acid groups is 1. The van der Waals surface area contributed by atoms with E-state index in [9.17, 15) is 50.0 Å². The number of unbranched alkanes of at least 4 members (excludes halogenated alkanes) is 25. The third kappa shape index (κ3) is 24.4. The minimum absolute atomic E-state index is 0.155. The van der Waals surface area contributed by atoms with E-state index in [-0.39, 0.29) is 12.8 Å². The molecule has 56 heavy (non-hydrogen) atoms. The highest BCUT2D eigenvalue weighted by atomic mass is 31.2. The number of amides is 1. The fourth-order valence-electron chi connectivity index (χ4n) is 7.48. The van der Waals surface area contributed by atoms with Gasteiger partial charge < -0.3 is 46.0 Å². The normalized spacial score (nSPS) is 24.1. The van der Waals surface area contributed by atoms with Crippen LogP contribution in [0.1, 0.15) is 200 Å². The van der Waals surface area contributed by atoms with Crippen LogP contribution >= 0.6 is 7.82 Å². The van der Waals surface area contributed by atoms with E-state index in [0.29, 0.717) is 12.8 Å². The van der Waals surface area contributed by atoms with Crippen molar-refractivity contribution in [1.29, 1.82) is 0 Å². The monoisotopic (exact) mass is 826 g/mol. The average molecular weight is 826 g/mol. The zero-order valence-corrected chi connectivity index (χ0v) is 36.0. The minimum atomic E-state index is -5.15. The quantitative estimate of drug-likeness (QED) is 0.0231. The molecular weight excluding hydrogens is 741 g/mol. The molecule has 13 nitrogen and oxygen atoms in total. The fraction of sp³-hybridized carbons (Fsp3) is 0.976. The van der Waals surface area contributed by atoms with Gasteiger partial charge in [-0.1, -0.05) is 181 Å². The number of phosphoric ester groups is 1. The van der Waals surface area contributed by atoms with Crippen LogP contribution in [0.4, 0.5) is 0 Å². The molecule has 0 saturated heterocycles. The van der Waals surface area contributed by atoms with Crippen LogP contribution in [0.15, 0.2) is 0 Å². The molecule has 1 amide bonds. The Morgan fingerprint density at radius 2 is 0.893 bits per heavy atom. The second kappa shape index (κ2) is 33.1. The van der Waals surface area contributed by atoms with E-state index in [1.165, 1.54) is 122 Å². The lowest BCUT2D eigenvalue weighted by Gasteiger charge is -2.41. The van der Waals surface area contributed by atoms with Crippen molar-refractivity contribution in [3.05, 3.63) is 0 Å². The van der Waals surface area contributed by atoms with Crippen molar-refractivity contribution in [1.82, 2.24) is 5.32 Å². The number of aliphatic hydroxyl groups is 7. The van der Waals surface area contributed by atoms with E-state index >= 15 is 0 Å². The van der Waals surface area contributed by atoms with E-state index in [2.05, 4.69) is 19.2 Å². The first-order valence-corrected chi connectivity index (χ1v) is 24.1. The molecule has 0 aromatic heterocycles. The first-order chi connectivity index (χ1) is 26.9. The number of hydrogen-bond acceptors (Lipinski definition) is 11. The standard InChI is InChI=1S/C42H84NO12P/c1-3-5-7-9-11-13-15-17-19-20-22-24-26-28-30-34(44)36(46)33(32-54-56(52,53)55-42-40(50)38(48)37(47)39(49)41(42)51)43-35(45)31-29-27-25-23-21-18-16-14-12-10-8-6-4-2/h33-34,36-42,44,46-51H,3-32H2,1-2H3,(H,43,45)(H,52,53)/t33-,34+,36-,37?,38+,39?,40?,41?,42?/m0/s1. The van der Waals surface area contributed by atoms with Gasteiger partial charge in [-0.25, -0.2) is 4.57 Å². The minimum Gasteiger partial charge on any atom is -0.390 e. The third-order valence-electron chi connectivity index (χ3n) is 11.3. The highest BCUT2D eigenvalue weighted by Crippen LogP contribution is 2.47. The van der Waals surface area contributed by atoms with Crippen LogP contribution in [-0.2, 0) is 18.4 Å². The van der Waals surface area contributed by atoms with Crippen LogP contribution in [0.2, 0.25) is 0 Å². The van der Waals surface area contributed by atoms with Gasteiger partial charge >= 0.3 is 7.82 Å². The number of hydrogen-bond donors (Lipinski definition) is 9. The van der Waals surface area contributed by atoms with Gasteiger partial charge in [0.15, 0.2) is 0 Å². The topological polar surface area (TPSA) is 226 Å².